The summed E-state index contributed by atoms with van der Waals surface area (Å²) in [6.07, 6.45) is 2.12. The van der Waals surface area contributed by atoms with E-state index in [2.05, 4.69) is 34.1 Å². The Bertz CT molecular complexity index is 560. The molecule has 0 amide bonds. The third kappa shape index (κ3) is 6.09. The molecule has 2 aliphatic rings. The first kappa shape index (κ1) is 21.4. The second kappa shape index (κ2) is 11.1. The molecule has 3 rings (SSSR count). The third-order valence-corrected chi connectivity index (χ3v) is 4.90. The molecule has 148 valence electrons. The van der Waals surface area contributed by atoms with Crippen molar-refractivity contribution >= 4 is 29.9 Å². The van der Waals surface area contributed by atoms with Gasteiger partial charge in [0.1, 0.15) is 6.54 Å². The molecule has 1 aromatic rings. The van der Waals surface area contributed by atoms with Crippen LogP contribution in [-0.2, 0) is 17.7 Å². The van der Waals surface area contributed by atoms with Crippen LogP contribution >= 0.6 is 24.0 Å². The lowest BCUT2D eigenvalue weighted by molar-refractivity contribution is 0.0315. The van der Waals surface area contributed by atoms with Crippen molar-refractivity contribution < 1.29 is 9.26 Å². The van der Waals surface area contributed by atoms with Crippen LogP contribution in [0.25, 0.3) is 0 Å². The van der Waals surface area contributed by atoms with Gasteiger partial charge in [0.15, 0.2) is 11.7 Å². The van der Waals surface area contributed by atoms with Crippen LogP contribution in [0.2, 0.25) is 0 Å². The average molecular weight is 477 g/mol. The van der Waals surface area contributed by atoms with Crippen LogP contribution in [0.4, 0.5) is 0 Å². The Labute approximate surface area is 173 Å². The van der Waals surface area contributed by atoms with Crippen LogP contribution in [0.3, 0.4) is 0 Å². The molecule has 7 nitrogen and oxygen atoms in total. The maximum Gasteiger partial charge on any atom is 0.194 e. The first-order valence-corrected chi connectivity index (χ1v) is 9.56. The van der Waals surface area contributed by atoms with Crippen molar-refractivity contribution in [2.45, 2.75) is 33.2 Å². The summed E-state index contributed by atoms with van der Waals surface area (Å²) in [5.41, 5.74) is 0.988. The summed E-state index contributed by atoms with van der Waals surface area (Å²) >= 11 is 0. The van der Waals surface area contributed by atoms with Gasteiger partial charge in [0.05, 0.1) is 18.9 Å². The quantitative estimate of drug-likeness (QED) is 0.384. The highest BCUT2D eigenvalue weighted by molar-refractivity contribution is 14.0. The topological polar surface area (TPSA) is 66.1 Å². The minimum atomic E-state index is 0. The number of rotatable bonds is 6. The van der Waals surface area contributed by atoms with Gasteiger partial charge in [-0.2, -0.15) is 0 Å². The van der Waals surface area contributed by atoms with E-state index in [0.717, 1.165) is 69.8 Å². The molecule has 8 heteroatoms. The highest BCUT2D eigenvalue weighted by atomic mass is 127. The summed E-state index contributed by atoms with van der Waals surface area (Å²) in [7, 11) is 0. The smallest absolute Gasteiger partial charge is 0.194 e. The van der Waals surface area contributed by atoms with Crippen LogP contribution in [0.15, 0.2) is 15.6 Å². The Morgan fingerprint density at radius 3 is 2.81 bits per heavy atom. The molecule has 2 aliphatic heterocycles. The minimum absolute atomic E-state index is 0. The Morgan fingerprint density at radius 1 is 1.31 bits per heavy atom. The van der Waals surface area contributed by atoms with E-state index >= 15 is 0 Å². The van der Waals surface area contributed by atoms with Gasteiger partial charge in [-0.3, -0.25) is 4.90 Å². The van der Waals surface area contributed by atoms with E-state index in [9.17, 15) is 0 Å². The predicted molar refractivity (Wildman–Crippen MR) is 113 cm³/mol. The highest BCUT2D eigenvalue weighted by Gasteiger charge is 2.27. The van der Waals surface area contributed by atoms with Crippen molar-refractivity contribution in [3.63, 3.8) is 0 Å². The van der Waals surface area contributed by atoms with E-state index in [4.69, 9.17) is 14.3 Å². The Hall–Kier alpha value is -0.870. The second-order valence-electron chi connectivity index (χ2n) is 6.82. The summed E-state index contributed by atoms with van der Waals surface area (Å²) in [4.78, 5) is 9.67. The summed E-state index contributed by atoms with van der Waals surface area (Å²) in [6, 6.07) is 2.00. The van der Waals surface area contributed by atoms with Gasteiger partial charge < -0.3 is 19.5 Å². The fourth-order valence-electron chi connectivity index (χ4n) is 3.50. The average Bonchev–Trinajstić information content (AvgIpc) is 3.29. The molecular formula is C18H32IN5O2. The normalized spacial score (nSPS) is 21.7. The zero-order valence-electron chi connectivity index (χ0n) is 15.9. The standard InChI is InChI=1S/C18H31N5O2.HI/c1-3-16-11-17(25-21-16)12-20-18(19-4-2)23-6-5-15(14-23)13-22-7-9-24-10-8-22;/h11,15H,3-10,12-14H2,1-2H3,(H,19,20);1H. The molecule has 2 saturated heterocycles. The Kier molecular flexibility index (Phi) is 9.13. The zero-order valence-corrected chi connectivity index (χ0v) is 18.3. The molecule has 0 aliphatic carbocycles. The molecule has 1 N–H and O–H groups in total. The monoisotopic (exact) mass is 477 g/mol. The maximum absolute atomic E-state index is 5.44. The van der Waals surface area contributed by atoms with Crippen molar-refractivity contribution in [2.75, 3.05) is 52.5 Å². The van der Waals surface area contributed by atoms with Crippen LogP contribution in [0.5, 0.6) is 0 Å². The van der Waals surface area contributed by atoms with Crippen LogP contribution in [-0.4, -0.2) is 73.4 Å². The number of halogens is 1. The largest absolute Gasteiger partial charge is 0.379 e. The van der Waals surface area contributed by atoms with Gasteiger partial charge >= 0.3 is 0 Å². The molecule has 0 radical (unpaired) electrons. The SMILES string of the molecule is CCNC(=NCc1cc(CC)no1)N1CCC(CN2CCOCC2)C1.I. The lowest BCUT2D eigenvalue weighted by Gasteiger charge is -2.29. The summed E-state index contributed by atoms with van der Waals surface area (Å²) in [5.74, 6) is 2.52. The molecule has 2 fully saturated rings. The molecule has 26 heavy (non-hydrogen) atoms. The lowest BCUT2D eigenvalue weighted by Crippen LogP contribution is -2.42. The van der Waals surface area contributed by atoms with Gasteiger partial charge in [-0.15, -0.1) is 24.0 Å². The number of morpholine rings is 1. The van der Waals surface area contributed by atoms with Crippen molar-refractivity contribution in [2.24, 2.45) is 10.9 Å². The van der Waals surface area contributed by atoms with E-state index in [0.29, 0.717) is 12.5 Å². The van der Waals surface area contributed by atoms with Crippen molar-refractivity contribution in [1.29, 1.82) is 0 Å². The summed E-state index contributed by atoms with van der Waals surface area (Å²) in [5, 5.41) is 7.46. The molecule has 0 saturated carbocycles. The van der Waals surface area contributed by atoms with E-state index < -0.39 is 0 Å². The van der Waals surface area contributed by atoms with Gasteiger partial charge in [0, 0.05) is 45.3 Å². The molecule has 3 heterocycles. The minimum Gasteiger partial charge on any atom is -0.379 e. The van der Waals surface area contributed by atoms with Crippen molar-refractivity contribution in [3.8, 4) is 0 Å². The molecule has 0 bridgehead atoms. The van der Waals surface area contributed by atoms with Crippen molar-refractivity contribution in [1.82, 2.24) is 20.3 Å². The number of nitrogens with zero attached hydrogens (tertiary/aromatic N) is 4. The number of aliphatic imine (C=N–C) groups is 1. The van der Waals surface area contributed by atoms with E-state index in [1.165, 1.54) is 13.0 Å². The lowest BCUT2D eigenvalue weighted by atomic mass is 10.1. The number of hydrogen-bond donors (Lipinski definition) is 1. The number of ether oxygens (including phenoxy) is 1. The fraction of sp³-hybridized carbons (Fsp3) is 0.778. The number of guanidine groups is 1. The van der Waals surface area contributed by atoms with E-state index in [-0.39, 0.29) is 24.0 Å². The van der Waals surface area contributed by atoms with Gasteiger partial charge in [-0.05, 0) is 25.7 Å². The fourth-order valence-corrected chi connectivity index (χ4v) is 3.50. The summed E-state index contributed by atoms with van der Waals surface area (Å²) in [6.45, 7) is 12.8. The highest BCUT2D eigenvalue weighted by Crippen LogP contribution is 2.18. The molecule has 0 spiro atoms. The van der Waals surface area contributed by atoms with Gasteiger partial charge in [-0.25, -0.2) is 4.99 Å². The zero-order chi connectivity index (χ0) is 17.5. The number of aryl methyl sites for hydroxylation is 1. The molecule has 0 aromatic carbocycles. The third-order valence-electron chi connectivity index (χ3n) is 4.90. The maximum atomic E-state index is 5.44. The molecule has 1 atom stereocenters. The number of hydrogen-bond acceptors (Lipinski definition) is 5. The van der Waals surface area contributed by atoms with Gasteiger partial charge in [0.25, 0.3) is 0 Å². The summed E-state index contributed by atoms with van der Waals surface area (Å²) < 4.78 is 10.8. The molecule has 1 aromatic heterocycles. The van der Waals surface area contributed by atoms with Gasteiger partial charge in [0.2, 0.25) is 0 Å². The first-order chi connectivity index (χ1) is 12.3. The second-order valence-corrected chi connectivity index (χ2v) is 6.82. The van der Waals surface area contributed by atoms with Crippen molar-refractivity contribution in [3.05, 3.63) is 17.5 Å². The molecule has 1 unspecified atom stereocenters. The number of likely N-dealkylation sites (tertiary alicyclic amines) is 1. The number of aromatic nitrogens is 1. The van der Waals surface area contributed by atoms with E-state index in [1.807, 2.05) is 6.07 Å². The number of nitrogens with one attached hydrogen (secondary N) is 1. The van der Waals surface area contributed by atoms with Gasteiger partial charge in [-0.1, -0.05) is 12.1 Å². The van der Waals surface area contributed by atoms with Crippen LogP contribution in [0.1, 0.15) is 31.7 Å². The Morgan fingerprint density at radius 2 is 2.12 bits per heavy atom. The van der Waals surface area contributed by atoms with Crippen LogP contribution < -0.4 is 5.32 Å². The Balaban J connectivity index is 0.00000243. The molecular weight excluding hydrogens is 445 g/mol. The van der Waals surface area contributed by atoms with E-state index in [1.54, 1.807) is 0 Å². The first-order valence-electron chi connectivity index (χ1n) is 9.56. The predicted octanol–water partition coefficient (Wildman–Crippen LogP) is 1.97. The van der Waals surface area contributed by atoms with Crippen LogP contribution in [0, 0.1) is 5.92 Å².